The van der Waals surface area contributed by atoms with Crippen molar-refractivity contribution < 1.29 is 14.5 Å². The van der Waals surface area contributed by atoms with Crippen LogP contribution in [-0.2, 0) is 11.3 Å². The Balaban J connectivity index is 1.94. The normalized spacial score (nSPS) is 11.9. The van der Waals surface area contributed by atoms with E-state index in [-0.39, 0.29) is 28.1 Å². The van der Waals surface area contributed by atoms with Crippen LogP contribution < -0.4 is 10.6 Å². The van der Waals surface area contributed by atoms with Crippen molar-refractivity contribution in [1.29, 1.82) is 0 Å². The van der Waals surface area contributed by atoms with E-state index >= 15 is 0 Å². The fraction of sp³-hybridized carbons (Fsp3) is 0.389. The number of carbonyl (C=O) groups is 2. The number of hydrogen-bond donors (Lipinski definition) is 2. The molecule has 0 unspecified atom stereocenters. The molecule has 0 saturated carbocycles. The standard InChI is InChI=1S/C18H22ClN5O4/c1-12(2)16(18(26)20-7-3-9-23-10-4-8-21-23)22-17(25)14-6-5-13(24(27)28)11-15(14)19/h4-6,8,10-12,16H,3,7,9H2,1-2H3,(H,20,26)(H,22,25)/t16-/m1/s1. The topological polar surface area (TPSA) is 119 Å². The van der Waals surface area contributed by atoms with Gasteiger partial charge in [0.15, 0.2) is 0 Å². The van der Waals surface area contributed by atoms with Gasteiger partial charge in [-0.1, -0.05) is 25.4 Å². The molecule has 150 valence electrons. The second kappa shape index (κ2) is 9.84. The van der Waals surface area contributed by atoms with E-state index < -0.39 is 16.9 Å². The van der Waals surface area contributed by atoms with Crippen LogP contribution >= 0.6 is 11.6 Å². The molecule has 1 heterocycles. The van der Waals surface area contributed by atoms with Crippen LogP contribution in [0.1, 0.15) is 30.6 Å². The van der Waals surface area contributed by atoms with E-state index in [1.165, 1.54) is 12.1 Å². The summed E-state index contributed by atoms with van der Waals surface area (Å²) in [5, 5.41) is 20.3. The lowest BCUT2D eigenvalue weighted by molar-refractivity contribution is -0.384. The molecule has 9 nitrogen and oxygen atoms in total. The van der Waals surface area contributed by atoms with Crippen molar-refractivity contribution in [3.8, 4) is 0 Å². The summed E-state index contributed by atoms with van der Waals surface area (Å²) in [5.74, 6) is -1.03. The third kappa shape index (κ3) is 5.78. The third-order valence-corrected chi connectivity index (χ3v) is 4.38. The van der Waals surface area contributed by atoms with E-state index in [9.17, 15) is 19.7 Å². The average Bonchev–Trinajstić information content (AvgIpc) is 3.15. The van der Waals surface area contributed by atoms with E-state index in [4.69, 9.17) is 11.6 Å². The van der Waals surface area contributed by atoms with E-state index in [1.807, 2.05) is 26.1 Å². The lowest BCUT2D eigenvalue weighted by Crippen LogP contribution is -2.50. The zero-order valence-corrected chi connectivity index (χ0v) is 16.3. The second-order valence-corrected chi connectivity index (χ2v) is 6.94. The smallest absolute Gasteiger partial charge is 0.270 e. The fourth-order valence-corrected chi connectivity index (χ4v) is 2.81. The number of aryl methyl sites for hydroxylation is 1. The minimum Gasteiger partial charge on any atom is -0.354 e. The summed E-state index contributed by atoms with van der Waals surface area (Å²) in [5.41, 5.74) is -0.138. The van der Waals surface area contributed by atoms with Crippen LogP contribution in [0.4, 0.5) is 5.69 Å². The van der Waals surface area contributed by atoms with Crippen LogP contribution in [0.2, 0.25) is 5.02 Å². The molecule has 0 aliphatic carbocycles. The fourth-order valence-electron chi connectivity index (χ4n) is 2.55. The van der Waals surface area contributed by atoms with Crippen LogP contribution in [0.3, 0.4) is 0 Å². The number of aromatic nitrogens is 2. The molecule has 2 aromatic rings. The van der Waals surface area contributed by atoms with Crippen LogP contribution in [0, 0.1) is 16.0 Å². The van der Waals surface area contributed by atoms with E-state index in [0.717, 1.165) is 6.07 Å². The largest absolute Gasteiger partial charge is 0.354 e. The molecule has 0 aliphatic heterocycles. The summed E-state index contributed by atoms with van der Waals surface area (Å²) >= 11 is 5.99. The first-order valence-corrected chi connectivity index (χ1v) is 9.17. The SMILES string of the molecule is CC(C)[C@@H](NC(=O)c1ccc([N+](=O)[O-])cc1Cl)C(=O)NCCCn1cccn1. The Morgan fingerprint density at radius 3 is 2.68 bits per heavy atom. The molecule has 2 N–H and O–H groups in total. The van der Waals surface area contributed by atoms with Gasteiger partial charge in [0, 0.05) is 37.6 Å². The minimum atomic E-state index is -0.761. The van der Waals surface area contributed by atoms with Gasteiger partial charge in [0.05, 0.1) is 15.5 Å². The van der Waals surface area contributed by atoms with Crippen molar-refractivity contribution in [2.45, 2.75) is 32.9 Å². The van der Waals surface area contributed by atoms with Gasteiger partial charge >= 0.3 is 0 Å². The molecular weight excluding hydrogens is 386 g/mol. The van der Waals surface area contributed by atoms with Crippen LogP contribution in [0.15, 0.2) is 36.7 Å². The Kier molecular flexibility index (Phi) is 7.51. The highest BCUT2D eigenvalue weighted by atomic mass is 35.5. The summed E-state index contributed by atoms with van der Waals surface area (Å²) in [6.07, 6.45) is 4.22. The predicted molar refractivity (Wildman–Crippen MR) is 104 cm³/mol. The van der Waals surface area contributed by atoms with Gasteiger partial charge in [-0.15, -0.1) is 0 Å². The van der Waals surface area contributed by atoms with Gasteiger partial charge in [-0.2, -0.15) is 5.10 Å². The number of halogens is 1. The van der Waals surface area contributed by atoms with E-state index in [0.29, 0.717) is 19.5 Å². The number of nitro groups is 1. The second-order valence-electron chi connectivity index (χ2n) is 6.53. The number of nitrogens with one attached hydrogen (secondary N) is 2. The van der Waals surface area contributed by atoms with Crippen molar-refractivity contribution in [2.24, 2.45) is 5.92 Å². The maximum atomic E-state index is 12.5. The maximum Gasteiger partial charge on any atom is 0.270 e. The number of nitro benzene ring substituents is 1. The molecule has 10 heteroatoms. The first-order valence-electron chi connectivity index (χ1n) is 8.79. The molecule has 0 fully saturated rings. The lowest BCUT2D eigenvalue weighted by atomic mass is 10.0. The van der Waals surface area contributed by atoms with Crippen molar-refractivity contribution in [3.63, 3.8) is 0 Å². The molecule has 0 saturated heterocycles. The number of rotatable bonds is 9. The van der Waals surface area contributed by atoms with Crippen molar-refractivity contribution in [2.75, 3.05) is 6.54 Å². The van der Waals surface area contributed by atoms with Gasteiger partial charge in [-0.25, -0.2) is 0 Å². The monoisotopic (exact) mass is 407 g/mol. The summed E-state index contributed by atoms with van der Waals surface area (Å²) in [4.78, 5) is 35.1. The van der Waals surface area contributed by atoms with E-state index in [1.54, 1.807) is 10.9 Å². The number of amides is 2. The third-order valence-electron chi connectivity index (χ3n) is 4.07. The van der Waals surface area contributed by atoms with Gasteiger partial charge in [0.2, 0.25) is 5.91 Å². The highest BCUT2D eigenvalue weighted by Crippen LogP contribution is 2.22. The molecule has 0 spiro atoms. The number of carbonyl (C=O) groups excluding carboxylic acids is 2. The van der Waals surface area contributed by atoms with Crippen LogP contribution in [0.25, 0.3) is 0 Å². The van der Waals surface area contributed by atoms with Gasteiger partial charge in [-0.3, -0.25) is 24.4 Å². The number of nitrogens with zero attached hydrogens (tertiary/aromatic N) is 3. The van der Waals surface area contributed by atoms with Gasteiger partial charge < -0.3 is 10.6 Å². The van der Waals surface area contributed by atoms with Crippen molar-refractivity contribution in [3.05, 3.63) is 57.4 Å². The van der Waals surface area contributed by atoms with Crippen LogP contribution in [0.5, 0.6) is 0 Å². The number of benzene rings is 1. The lowest BCUT2D eigenvalue weighted by Gasteiger charge is -2.22. The summed E-state index contributed by atoms with van der Waals surface area (Å²) in [6.45, 7) is 4.73. The highest BCUT2D eigenvalue weighted by Gasteiger charge is 2.25. The molecule has 2 amide bonds. The molecule has 1 aromatic heterocycles. The molecule has 2 rings (SSSR count). The number of non-ortho nitro benzene ring substituents is 1. The summed E-state index contributed by atoms with van der Waals surface area (Å²) < 4.78 is 1.77. The molecule has 0 bridgehead atoms. The van der Waals surface area contributed by atoms with Gasteiger partial charge in [0.1, 0.15) is 6.04 Å². The molecule has 0 radical (unpaired) electrons. The summed E-state index contributed by atoms with van der Waals surface area (Å²) in [6, 6.07) is 4.64. The molecule has 28 heavy (non-hydrogen) atoms. The zero-order valence-electron chi connectivity index (χ0n) is 15.6. The van der Waals surface area contributed by atoms with Crippen molar-refractivity contribution in [1.82, 2.24) is 20.4 Å². The Morgan fingerprint density at radius 1 is 1.36 bits per heavy atom. The average molecular weight is 408 g/mol. The zero-order chi connectivity index (χ0) is 20.7. The van der Waals surface area contributed by atoms with Crippen LogP contribution in [-0.4, -0.2) is 39.1 Å². The Morgan fingerprint density at radius 2 is 2.11 bits per heavy atom. The predicted octanol–water partition coefficient (Wildman–Crippen LogP) is 2.41. The first kappa shape index (κ1) is 21.4. The Bertz CT molecular complexity index is 839. The quantitative estimate of drug-likeness (QED) is 0.376. The first-order chi connectivity index (χ1) is 13.3. The van der Waals surface area contributed by atoms with E-state index in [2.05, 4.69) is 15.7 Å². The highest BCUT2D eigenvalue weighted by molar-refractivity contribution is 6.34. The minimum absolute atomic E-state index is 0.0474. The molecular formula is C18H22ClN5O4. The molecule has 0 aliphatic rings. The van der Waals surface area contributed by atoms with Gasteiger partial charge in [-0.05, 0) is 24.5 Å². The molecule has 1 aromatic carbocycles. The van der Waals surface area contributed by atoms with Gasteiger partial charge in [0.25, 0.3) is 11.6 Å². The summed E-state index contributed by atoms with van der Waals surface area (Å²) in [7, 11) is 0. The van der Waals surface area contributed by atoms with Crippen molar-refractivity contribution >= 4 is 29.1 Å². The number of hydrogen-bond acceptors (Lipinski definition) is 5. The maximum absolute atomic E-state index is 12.5. The Labute approximate surface area is 167 Å². The molecule has 1 atom stereocenters. The Hall–Kier alpha value is -2.94.